The van der Waals surface area contributed by atoms with Gasteiger partial charge in [-0.05, 0) is 36.7 Å². The van der Waals surface area contributed by atoms with Crippen molar-refractivity contribution < 1.29 is 23.1 Å². The second-order valence-electron chi connectivity index (χ2n) is 4.36. The summed E-state index contributed by atoms with van der Waals surface area (Å²) in [4.78, 5) is 12.2. The Balaban J connectivity index is 2.00. The number of carbonyl (C=O) groups is 1. The summed E-state index contributed by atoms with van der Waals surface area (Å²) in [5.41, 5.74) is 0. The van der Waals surface area contributed by atoms with Gasteiger partial charge in [-0.3, -0.25) is 9.69 Å². The molecule has 4 nitrogen and oxygen atoms in total. The number of carboxylic acid groups (broad SMARTS) is 1. The Kier molecular flexibility index (Phi) is 3.59. The predicted octanol–water partition coefficient (Wildman–Crippen LogP) is 2.47. The summed E-state index contributed by atoms with van der Waals surface area (Å²) in [6, 6.07) is 3.16. The minimum absolute atomic E-state index is 0.0726. The first kappa shape index (κ1) is 13.3. The molecule has 18 heavy (non-hydrogen) atoms. The van der Waals surface area contributed by atoms with Crippen molar-refractivity contribution in [2.45, 2.75) is 18.9 Å². The predicted molar refractivity (Wildman–Crippen MR) is 59.7 cm³/mol. The summed E-state index contributed by atoms with van der Waals surface area (Å²) in [5.74, 6) is -5.78. The van der Waals surface area contributed by atoms with E-state index in [0.29, 0.717) is 12.3 Å². The fourth-order valence-corrected chi connectivity index (χ4v) is 2.27. The molecular formula is C11H12ClF2NO3. The minimum Gasteiger partial charge on any atom is -0.481 e. The number of furan rings is 1. The van der Waals surface area contributed by atoms with Crippen LogP contribution in [0, 0.1) is 5.92 Å². The van der Waals surface area contributed by atoms with Crippen molar-refractivity contribution in [1.82, 2.24) is 4.90 Å². The molecule has 7 heteroatoms. The van der Waals surface area contributed by atoms with E-state index in [9.17, 15) is 13.6 Å². The van der Waals surface area contributed by atoms with Gasteiger partial charge in [-0.15, -0.1) is 0 Å². The van der Waals surface area contributed by atoms with Crippen LogP contribution in [-0.4, -0.2) is 35.0 Å². The number of hydrogen-bond acceptors (Lipinski definition) is 3. The average Bonchev–Trinajstić information content (AvgIpc) is 2.61. The van der Waals surface area contributed by atoms with Crippen molar-refractivity contribution in [3.63, 3.8) is 0 Å². The third-order valence-corrected chi connectivity index (χ3v) is 3.19. The number of alkyl halides is 2. The van der Waals surface area contributed by atoms with Crippen molar-refractivity contribution in [2.75, 3.05) is 13.1 Å². The van der Waals surface area contributed by atoms with Crippen LogP contribution >= 0.6 is 11.6 Å². The number of hydrogen-bond donors (Lipinski definition) is 1. The van der Waals surface area contributed by atoms with Crippen molar-refractivity contribution in [1.29, 1.82) is 0 Å². The lowest BCUT2D eigenvalue weighted by Gasteiger charge is -2.35. The molecule has 1 aromatic rings. The van der Waals surface area contributed by atoms with Gasteiger partial charge in [0, 0.05) is 0 Å². The number of likely N-dealkylation sites (tertiary alicyclic amines) is 1. The van der Waals surface area contributed by atoms with Gasteiger partial charge < -0.3 is 9.52 Å². The lowest BCUT2D eigenvalue weighted by Crippen LogP contribution is -2.50. The highest BCUT2D eigenvalue weighted by Crippen LogP contribution is 2.33. The van der Waals surface area contributed by atoms with Gasteiger partial charge in [0.2, 0.25) is 0 Å². The summed E-state index contributed by atoms with van der Waals surface area (Å²) in [6.45, 7) is -0.0815. The van der Waals surface area contributed by atoms with Crippen LogP contribution in [-0.2, 0) is 11.3 Å². The van der Waals surface area contributed by atoms with Gasteiger partial charge >= 0.3 is 5.97 Å². The van der Waals surface area contributed by atoms with Gasteiger partial charge in [-0.1, -0.05) is 0 Å². The second-order valence-corrected chi connectivity index (χ2v) is 4.73. The molecule has 2 heterocycles. The molecule has 0 spiro atoms. The Morgan fingerprint density at radius 2 is 2.33 bits per heavy atom. The molecule has 1 aliphatic rings. The molecule has 1 fully saturated rings. The van der Waals surface area contributed by atoms with E-state index in [4.69, 9.17) is 21.1 Å². The maximum absolute atomic E-state index is 13.6. The summed E-state index contributed by atoms with van der Waals surface area (Å²) >= 11 is 5.59. The molecule has 0 saturated carbocycles. The van der Waals surface area contributed by atoms with Crippen LogP contribution in [0.1, 0.15) is 12.2 Å². The lowest BCUT2D eigenvalue weighted by molar-refractivity contribution is -0.167. The number of carboxylic acids is 1. The van der Waals surface area contributed by atoms with E-state index in [1.54, 1.807) is 12.1 Å². The van der Waals surface area contributed by atoms with Gasteiger partial charge in [0.05, 0.1) is 13.1 Å². The number of halogens is 3. The van der Waals surface area contributed by atoms with E-state index in [1.807, 2.05) is 0 Å². The zero-order chi connectivity index (χ0) is 13.3. The average molecular weight is 280 g/mol. The molecule has 0 bridgehead atoms. The molecule has 0 radical (unpaired) electrons. The number of nitrogens with zero attached hydrogens (tertiary/aromatic N) is 1. The topological polar surface area (TPSA) is 53.7 Å². The zero-order valence-electron chi connectivity index (χ0n) is 9.41. The monoisotopic (exact) mass is 279 g/mol. The van der Waals surface area contributed by atoms with Crippen molar-refractivity contribution >= 4 is 17.6 Å². The third kappa shape index (κ3) is 2.81. The maximum atomic E-state index is 13.6. The fourth-order valence-electron chi connectivity index (χ4n) is 2.11. The summed E-state index contributed by atoms with van der Waals surface area (Å²) in [6.07, 6.45) is -0.0726. The molecule has 1 aromatic heterocycles. The Morgan fingerprint density at radius 3 is 2.83 bits per heavy atom. The molecule has 1 N–H and O–H groups in total. The minimum atomic E-state index is -3.22. The Labute approximate surface area is 107 Å². The molecule has 1 unspecified atom stereocenters. The van der Waals surface area contributed by atoms with E-state index < -0.39 is 24.4 Å². The molecule has 0 amide bonds. The van der Waals surface area contributed by atoms with Crippen LogP contribution in [0.15, 0.2) is 16.5 Å². The standard InChI is InChI=1S/C11H12ClF2NO3/c12-9-2-1-7(18-9)5-15-4-3-8(10(16)17)11(13,14)6-15/h1-2,8H,3-6H2,(H,16,17). The largest absolute Gasteiger partial charge is 0.481 e. The van der Waals surface area contributed by atoms with Gasteiger partial charge in [-0.2, -0.15) is 0 Å². The van der Waals surface area contributed by atoms with Crippen molar-refractivity contribution in [3.05, 3.63) is 23.1 Å². The smallest absolute Gasteiger partial charge is 0.312 e. The molecule has 1 saturated heterocycles. The number of aliphatic carboxylic acids is 1. The van der Waals surface area contributed by atoms with Crippen LogP contribution in [0.25, 0.3) is 0 Å². The molecule has 0 aliphatic carbocycles. The molecule has 1 atom stereocenters. The molecule has 2 rings (SSSR count). The van der Waals surface area contributed by atoms with Crippen LogP contribution < -0.4 is 0 Å². The van der Waals surface area contributed by atoms with Gasteiger partial charge in [0.1, 0.15) is 11.7 Å². The highest BCUT2D eigenvalue weighted by molar-refractivity contribution is 6.28. The SMILES string of the molecule is O=C(O)C1CCN(Cc2ccc(Cl)o2)CC1(F)F. The first-order valence-electron chi connectivity index (χ1n) is 5.45. The summed E-state index contributed by atoms with van der Waals surface area (Å²) in [5, 5.41) is 8.92. The van der Waals surface area contributed by atoms with Gasteiger partial charge in [0.25, 0.3) is 5.92 Å². The van der Waals surface area contributed by atoms with Crippen LogP contribution in [0.5, 0.6) is 0 Å². The quantitative estimate of drug-likeness (QED) is 0.923. The maximum Gasteiger partial charge on any atom is 0.312 e. The Hall–Kier alpha value is -1.14. The highest BCUT2D eigenvalue weighted by Gasteiger charge is 2.48. The summed E-state index contributed by atoms with van der Waals surface area (Å²) in [7, 11) is 0. The highest BCUT2D eigenvalue weighted by atomic mass is 35.5. The zero-order valence-corrected chi connectivity index (χ0v) is 10.2. The van der Waals surface area contributed by atoms with Gasteiger partial charge in [-0.25, -0.2) is 8.78 Å². The van der Waals surface area contributed by atoms with E-state index in [0.717, 1.165) is 0 Å². The Bertz CT molecular complexity index is 449. The number of piperidine rings is 1. The van der Waals surface area contributed by atoms with E-state index in [1.165, 1.54) is 4.90 Å². The van der Waals surface area contributed by atoms with Gasteiger partial charge in [0.15, 0.2) is 5.22 Å². The molecule has 1 aliphatic heterocycles. The Morgan fingerprint density at radius 1 is 1.61 bits per heavy atom. The third-order valence-electron chi connectivity index (χ3n) is 2.98. The van der Waals surface area contributed by atoms with Crippen LogP contribution in [0.4, 0.5) is 8.78 Å². The van der Waals surface area contributed by atoms with E-state index >= 15 is 0 Å². The van der Waals surface area contributed by atoms with Crippen LogP contribution in [0.3, 0.4) is 0 Å². The summed E-state index contributed by atoms with van der Waals surface area (Å²) < 4.78 is 32.3. The van der Waals surface area contributed by atoms with E-state index in [-0.39, 0.29) is 18.2 Å². The second kappa shape index (κ2) is 4.85. The first-order chi connectivity index (χ1) is 8.38. The van der Waals surface area contributed by atoms with E-state index in [2.05, 4.69) is 0 Å². The normalized spacial score (nSPS) is 24.1. The lowest BCUT2D eigenvalue weighted by atomic mass is 9.93. The number of rotatable bonds is 3. The fraction of sp³-hybridized carbons (Fsp3) is 0.545. The van der Waals surface area contributed by atoms with Crippen molar-refractivity contribution in [2.24, 2.45) is 5.92 Å². The molecular weight excluding hydrogens is 268 g/mol. The van der Waals surface area contributed by atoms with Crippen molar-refractivity contribution in [3.8, 4) is 0 Å². The molecule has 0 aromatic carbocycles. The molecule has 100 valence electrons. The van der Waals surface area contributed by atoms with Crippen LogP contribution in [0.2, 0.25) is 5.22 Å². The first-order valence-corrected chi connectivity index (χ1v) is 5.83.